The van der Waals surface area contributed by atoms with Crippen LogP contribution in [-0.2, 0) is 0 Å². The first-order valence-corrected chi connectivity index (χ1v) is 10.7. The lowest BCUT2D eigenvalue weighted by Gasteiger charge is -2.22. The summed E-state index contributed by atoms with van der Waals surface area (Å²) in [6, 6.07) is 8.13. The highest BCUT2D eigenvalue weighted by atomic mass is 32.2. The summed E-state index contributed by atoms with van der Waals surface area (Å²) in [5.74, 6) is 0.596. The number of nitrogens with zero attached hydrogens (tertiary/aromatic N) is 2. The fourth-order valence-corrected chi connectivity index (χ4v) is 3.82. The zero-order valence-corrected chi connectivity index (χ0v) is 17.4. The summed E-state index contributed by atoms with van der Waals surface area (Å²) in [6.45, 7) is 3.96. The Morgan fingerprint density at radius 3 is 2.87 bits per heavy atom. The van der Waals surface area contributed by atoms with Crippen molar-refractivity contribution in [1.29, 1.82) is 0 Å². The van der Waals surface area contributed by atoms with E-state index in [-0.39, 0.29) is 17.5 Å². The Hall–Kier alpha value is -3.07. The molecule has 0 bridgehead atoms. The van der Waals surface area contributed by atoms with Gasteiger partial charge in [-0.05, 0) is 43.7 Å². The third-order valence-electron chi connectivity index (χ3n) is 4.56. The van der Waals surface area contributed by atoms with Gasteiger partial charge in [0.05, 0.1) is 11.4 Å². The first kappa shape index (κ1) is 20.2. The summed E-state index contributed by atoms with van der Waals surface area (Å²) in [5, 5.41) is 6.10. The number of rotatable bonds is 7. The van der Waals surface area contributed by atoms with E-state index in [9.17, 15) is 4.39 Å². The normalized spacial score (nSPS) is 15.2. The molecule has 3 heterocycles. The van der Waals surface area contributed by atoms with Crippen LogP contribution in [0.4, 0.5) is 31.8 Å². The van der Waals surface area contributed by atoms with E-state index in [1.807, 2.05) is 32.2 Å². The Balaban J connectivity index is 1.71. The molecule has 1 atom stereocenters. The Bertz CT molecular complexity index is 1080. The zero-order chi connectivity index (χ0) is 21.1. The average Bonchev–Trinajstić information content (AvgIpc) is 3.21. The Morgan fingerprint density at radius 1 is 1.17 bits per heavy atom. The Kier molecular flexibility index (Phi) is 5.89. The van der Waals surface area contributed by atoms with Crippen molar-refractivity contribution in [3.8, 4) is 0 Å². The van der Waals surface area contributed by atoms with Gasteiger partial charge in [-0.2, -0.15) is 0 Å². The summed E-state index contributed by atoms with van der Waals surface area (Å²) < 4.78 is 32.5. The molecule has 1 aromatic carbocycles. The van der Waals surface area contributed by atoms with Gasteiger partial charge >= 0.3 is 0 Å². The van der Waals surface area contributed by atoms with E-state index in [0.29, 0.717) is 17.1 Å². The van der Waals surface area contributed by atoms with Crippen LogP contribution in [0.25, 0.3) is 0 Å². The Labute approximate surface area is 177 Å². The molecule has 1 aliphatic rings. The standard InChI is InChI=1S/C21H22F2N6S/c1-3-11-30-29-16-7-6-15(22)19(17(16)23)28-21-13(5-4-9-24-21)18-14-8-10-25-20(14)27-12(2)26-18/h4-10,12,25,27,29H,3,11H2,1-2H3,(H,24,28). The lowest BCUT2D eigenvalue weighted by Crippen LogP contribution is -2.24. The summed E-state index contributed by atoms with van der Waals surface area (Å²) in [6.07, 6.45) is 4.18. The molecule has 1 unspecified atom stereocenters. The molecule has 2 aromatic heterocycles. The molecule has 0 spiro atoms. The maximum Gasteiger partial charge on any atom is 0.173 e. The van der Waals surface area contributed by atoms with E-state index < -0.39 is 11.6 Å². The molecular weight excluding hydrogens is 406 g/mol. The van der Waals surface area contributed by atoms with Gasteiger partial charge in [0.15, 0.2) is 5.82 Å². The lowest BCUT2D eigenvalue weighted by atomic mass is 10.0. The van der Waals surface area contributed by atoms with Gasteiger partial charge in [-0.1, -0.05) is 18.9 Å². The van der Waals surface area contributed by atoms with Crippen molar-refractivity contribution in [2.75, 3.05) is 21.1 Å². The predicted octanol–water partition coefficient (Wildman–Crippen LogP) is 5.51. The molecule has 9 heteroatoms. The van der Waals surface area contributed by atoms with Crippen LogP contribution in [0.2, 0.25) is 0 Å². The first-order valence-electron chi connectivity index (χ1n) is 9.68. The number of aliphatic imine (C=N–C) groups is 1. The molecule has 156 valence electrons. The predicted molar refractivity (Wildman–Crippen MR) is 120 cm³/mol. The van der Waals surface area contributed by atoms with Crippen molar-refractivity contribution in [2.45, 2.75) is 26.4 Å². The van der Waals surface area contributed by atoms with Crippen LogP contribution in [-0.4, -0.2) is 27.6 Å². The van der Waals surface area contributed by atoms with Crippen LogP contribution in [0.5, 0.6) is 0 Å². The van der Waals surface area contributed by atoms with E-state index in [4.69, 9.17) is 0 Å². The van der Waals surface area contributed by atoms with E-state index >= 15 is 4.39 Å². The minimum absolute atomic E-state index is 0.157. The van der Waals surface area contributed by atoms with Crippen LogP contribution in [0.15, 0.2) is 47.7 Å². The van der Waals surface area contributed by atoms with Crippen LogP contribution >= 0.6 is 11.9 Å². The van der Waals surface area contributed by atoms with Gasteiger partial charge < -0.3 is 20.3 Å². The number of aromatic nitrogens is 2. The number of H-pyrrole nitrogens is 1. The summed E-state index contributed by atoms with van der Waals surface area (Å²) >= 11 is 1.38. The van der Waals surface area contributed by atoms with Gasteiger partial charge in [0.1, 0.15) is 29.3 Å². The smallest absolute Gasteiger partial charge is 0.173 e. The second-order valence-electron chi connectivity index (χ2n) is 6.82. The molecule has 0 saturated heterocycles. The van der Waals surface area contributed by atoms with Gasteiger partial charge in [-0.25, -0.2) is 13.8 Å². The number of benzene rings is 1. The molecule has 30 heavy (non-hydrogen) atoms. The maximum atomic E-state index is 15.0. The van der Waals surface area contributed by atoms with E-state index in [2.05, 4.69) is 30.3 Å². The lowest BCUT2D eigenvalue weighted by molar-refractivity contribution is 0.593. The van der Waals surface area contributed by atoms with Gasteiger partial charge in [0, 0.05) is 29.3 Å². The van der Waals surface area contributed by atoms with Gasteiger partial charge in [-0.15, -0.1) is 0 Å². The van der Waals surface area contributed by atoms with Crippen molar-refractivity contribution in [3.05, 3.63) is 65.5 Å². The maximum absolute atomic E-state index is 15.0. The molecule has 0 radical (unpaired) electrons. The highest BCUT2D eigenvalue weighted by molar-refractivity contribution is 8.00. The molecule has 4 rings (SSSR count). The number of hydrogen-bond acceptors (Lipinski definition) is 6. The number of pyridine rings is 1. The fourth-order valence-electron chi connectivity index (χ4n) is 3.20. The highest BCUT2D eigenvalue weighted by Crippen LogP contribution is 2.32. The second-order valence-corrected chi connectivity index (χ2v) is 7.72. The monoisotopic (exact) mass is 428 g/mol. The average molecular weight is 429 g/mol. The van der Waals surface area contributed by atoms with E-state index in [1.165, 1.54) is 24.1 Å². The van der Waals surface area contributed by atoms with Crippen molar-refractivity contribution < 1.29 is 8.78 Å². The van der Waals surface area contributed by atoms with Gasteiger partial charge in [-0.3, -0.25) is 4.99 Å². The fraction of sp³-hybridized carbons (Fsp3) is 0.238. The van der Waals surface area contributed by atoms with Crippen LogP contribution in [0, 0.1) is 11.6 Å². The largest absolute Gasteiger partial charge is 0.350 e. The van der Waals surface area contributed by atoms with Crippen LogP contribution in [0.1, 0.15) is 31.4 Å². The third-order valence-corrected chi connectivity index (χ3v) is 5.54. The number of aromatic amines is 1. The van der Waals surface area contributed by atoms with Gasteiger partial charge in [0.25, 0.3) is 0 Å². The molecule has 1 aliphatic heterocycles. The summed E-state index contributed by atoms with van der Waals surface area (Å²) in [5.41, 5.74) is 2.19. The van der Waals surface area contributed by atoms with Crippen molar-refractivity contribution >= 4 is 40.7 Å². The molecule has 0 fully saturated rings. The van der Waals surface area contributed by atoms with Crippen molar-refractivity contribution in [1.82, 2.24) is 9.97 Å². The Morgan fingerprint density at radius 2 is 2.03 bits per heavy atom. The minimum atomic E-state index is -0.696. The molecule has 4 N–H and O–H groups in total. The van der Waals surface area contributed by atoms with Crippen molar-refractivity contribution in [3.63, 3.8) is 0 Å². The minimum Gasteiger partial charge on any atom is -0.350 e. The quantitative estimate of drug-likeness (QED) is 0.295. The number of halogens is 2. The molecular formula is C21H22F2N6S. The zero-order valence-electron chi connectivity index (χ0n) is 16.6. The second kappa shape index (κ2) is 8.74. The molecule has 3 aromatic rings. The van der Waals surface area contributed by atoms with Gasteiger partial charge in [0.2, 0.25) is 0 Å². The SMILES string of the molecule is CCCSNc1ccc(F)c(Nc2ncccc2C2=NC(C)Nc3[nH]ccc32)c1F. The highest BCUT2D eigenvalue weighted by Gasteiger charge is 2.23. The van der Waals surface area contributed by atoms with Crippen molar-refractivity contribution in [2.24, 2.45) is 4.99 Å². The molecule has 0 saturated carbocycles. The summed E-state index contributed by atoms with van der Waals surface area (Å²) in [7, 11) is 0. The van der Waals surface area contributed by atoms with E-state index in [1.54, 1.807) is 12.3 Å². The molecule has 0 amide bonds. The number of nitrogens with one attached hydrogen (secondary N) is 4. The van der Waals surface area contributed by atoms with Crippen LogP contribution in [0.3, 0.4) is 0 Å². The summed E-state index contributed by atoms with van der Waals surface area (Å²) in [4.78, 5) is 12.2. The molecule has 6 nitrogen and oxygen atoms in total. The third kappa shape index (κ3) is 3.97. The molecule has 0 aliphatic carbocycles. The van der Waals surface area contributed by atoms with Crippen LogP contribution < -0.4 is 15.4 Å². The number of hydrogen-bond donors (Lipinski definition) is 4. The number of fused-ring (bicyclic) bond motifs is 1. The topological polar surface area (TPSA) is 77.1 Å². The first-order chi connectivity index (χ1) is 14.6. The van der Waals surface area contributed by atoms with E-state index in [0.717, 1.165) is 23.6 Å². The number of anilines is 4.